The summed E-state index contributed by atoms with van der Waals surface area (Å²) >= 11 is 0. The predicted molar refractivity (Wildman–Crippen MR) is 150 cm³/mol. The number of alkyl halides is 2. The van der Waals surface area contributed by atoms with Gasteiger partial charge in [0.25, 0.3) is 0 Å². The Labute approximate surface area is 237 Å². The van der Waals surface area contributed by atoms with Gasteiger partial charge in [0.2, 0.25) is 0 Å². The molecule has 11 heteroatoms. The van der Waals surface area contributed by atoms with Gasteiger partial charge in [-0.05, 0) is 80.1 Å². The monoisotopic (exact) mass is 578 g/mol. The molecule has 0 radical (unpaired) electrons. The highest BCUT2D eigenvalue weighted by Gasteiger charge is 2.49. The van der Waals surface area contributed by atoms with Crippen LogP contribution in [0.15, 0.2) is 24.3 Å². The van der Waals surface area contributed by atoms with Crippen molar-refractivity contribution in [3.05, 3.63) is 52.9 Å². The lowest BCUT2D eigenvalue weighted by molar-refractivity contribution is -0.170. The number of nitrogens with zero attached hydrogens (tertiary/aromatic N) is 3. The zero-order chi connectivity index (χ0) is 30.5. The Balaban J connectivity index is 1.78. The van der Waals surface area contributed by atoms with E-state index in [1.807, 2.05) is 20.9 Å². The van der Waals surface area contributed by atoms with Crippen molar-refractivity contribution in [1.29, 1.82) is 0 Å². The summed E-state index contributed by atoms with van der Waals surface area (Å²) in [6, 6.07) is 4.41. The fraction of sp³-hybridized carbons (Fsp3) is 0.533. The summed E-state index contributed by atoms with van der Waals surface area (Å²) in [5, 5.41) is 13.3. The number of ether oxygens (including phenoxy) is 2. The van der Waals surface area contributed by atoms with E-state index in [2.05, 4.69) is 20.2 Å². The van der Waals surface area contributed by atoms with Crippen LogP contribution in [-0.4, -0.2) is 57.9 Å². The van der Waals surface area contributed by atoms with E-state index in [1.165, 1.54) is 19.2 Å². The third kappa shape index (κ3) is 5.66. The number of halogens is 4. The van der Waals surface area contributed by atoms with E-state index in [0.717, 1.165) is 39.3 Å². The molecule has 2 N–H and O–H groups in total. The minimum Gasteiger partial charge on any atom is -0.490 e. The van der Waals surface area contributed by atoms with Crippen LogP contribution in [0.25, 0.3) is 10.9 Å². The molecule has 0 saturated carbocycles. The number of methoxy groups -OCH3 is 1. The Kier molecular flexibility index (Phi) is 8.18. The summed E-state index contributed by atoms with van der Waals surface area (Å²) < 4.78 is 72.9. The van der Waals surface area contributed by atoms with Crippen molar-refractivity contribution in [3.63, 3.8) is 0 Å². The van der Waals surface area contributed by atoms with E-state index in [0.29, 0.717) is 0 Å². The van der Waals surface area contributed by atoms with Crippen LogP contribution < -0.4 is 14.8 Å². The minimum atomic E-state index is -3.85. The largest absolute Gasteiger partial charge is 0.490 e. The van der Waals surface area contributed by atoms with Gasteiger partial charge in [-0.2, -0.15) is 8.78 Å². The number of aliphatic hydroxyl groups is 1. The second kappa shape index (κ2) is 10.9. The van der Waals surface area contributed by atoms with E-state index in [-0.39, 0.29) is 45.6 Å². The second-order valence-electron chi connectivity index (χ2n) is 11.8. The average molecular weight is 579 g/mol. The molecule has 1 aromatic heterocycles. The highest BCUT2D eigenvalue weighted by atomic mass is 19.3. The van der Waals surface area contributed by atoms with Gasteiger partial charge in [0.15, 0.2) is 17.3 Å². The van der Waals surface area contributed by atoms with Gasteiger partial charge in [-0.15, -0.1) is 0 Å². The molecule has 4 rings (SSSR count). The van der Waals surface area contributed by atoms with Crippen molar-refractivity contribution in [1.82, 2.24) is 14.9 Å². The Hall–Kier alpha value is -3.18. The van der Waals surface area contributed by atoms with Crippen LogP contribution in [0.4, 0.5) is 23.4 Å². The molecule has 1 aliphatic heterocycles. The third-order valence-corrected chi connectivity index (χ3v) is 7.82. The number of benzene rings is 2. The van der Waals surface area contributed by atoms with Crippen LogP contribution in [-0.2, 0) is 5.92 Å². The highest BCUT2D eigenvalue weighted by Crippen LogP contribution is 2.43. The standard InChI is InChI=1S/C30H38F4N4O3/c1-16(18-11-9-12-20(23(18)31)30(33,34)29(5,6)39)35-27-19-15-21(41-28(3,4)22-13-10-14-38(22)7)26(40-8)24(32)25(19)36-17(2)37-27/h9,11-12,15-16,22,39H,10,13-14H2,1-8H3,(H,35,36,37)/t16-,22+/m1/s1. The average Bonchev–Trinajstić information content (AvgIpc) is 3.31. The van der Waals surface area contributed by atoms with Crippen LogP contribution in [0.2, 0.25) is 0 Å². The molecule has 7 nitrogen and oxygen atoms in total. The molecule has 0 spiro atoms. The molecule has 1 fully saturated rings. The Morgan fingerprint density at radius 3 is 2.39 bits per heavy atom. The number of aromatic nitrogens is 2. The first-order chi connectivity index (χ1) is 19.0. The number of likely N-dealkylation sites (tertiary alicyclic amines) is 1. The molecule has 41 heavy (non-hydrogen) atoms. The fourth-order valence-electron chi connectivity index (χ4n) is 5.55. The number of likely N-dealkylation sites (N-methyl/N-ethyl adjacent to an activating group) is 1. The van der Waals surface area contributed by atoms with Gasteiger partial charge in [-0.1, -0.05) is 12.1 Å². The van der Waals surface area contributed by atoms with Crippen molar-refractivity contribution in [2.75, 3.05) is 26.0 Å². The molecule has 2 aromatic carbocycles. The maximum atomic E-state index is 15.8. The van der Waals surface area contributed by atoms with Crippen LogP contribution in [0, 0.1) is 18.6 Å². The second-order valence-corrected chi connectivity index (χ2v) is 11.8. The lowest BCUT2D eigenvalue weighted by atomic mass is 9.91. The maximum Gasteiger partial charge on any atom is 0.303 e. The first-order valence-corrected chi connectivity index (χ1v) is 13.6. The molecule has 0 bridgehead atoms. The van der Waals surface area contributed by atoms with Crippen molar-refractivity contribution in [2.24, 2.45) is 0 Å². The van der Waals surface area contributed by atoms with Gasteiger partial charge in [0, 0.05) is 17.0 Å². The SMILES string of the molecule is COc1c(OC(C)(C)[C@@H]2CCCN2C)cc2c(N[C@H](C)c3cccc(C(F)(F)C(C)(C)O)c3F)nc(C)nc2c1F. The molecule has 0 aliphatic carbocycles. The predicted octanol–water partition coefficient (Wildman–Crippen LogP) is 6.51. The van der Waals surface area contributed by atoms with Gasteiger partial charge >= 0.3 is 5.92 Å². The van der Waals surface area contributed by atoms with E-state index >= 15 is 8.78 Å². The quantitative estimate of drug-likeness (QED) is 0.280. The molecule has 2 atom stereocenters. The fourth-order valence-corrected chi connectivity index (χ4v) is 5.55. The molecule has 2 heterocycles. The molecule has 0 unspecified atom stereocenters. The maximum absolute atomic E-state index is 15.8. The summed E-state index contributed by atoms with van der Waals surface area (Å²) in [5.74, 6) is -5.29. The number of fused-ring (bicyclic) bond motifs is 1. The lowest BCUT2D eigenvalue weighted by Crippen LogP contribution is -2.48. The Morgan fingerprint density at radius 1 is 1.12 bits per heavy atom. The third-order valence-electron chi connectivity index (χ3n) is 7.82. The first-order valence-electron chi connectivity index (χ1n) is 13.6. The van der Waals surface area contributed by atoms with Gasteiger partial charge in [-0.25, -0.2) is 18.7 Å². The zero-order valence-corrected chi connectivity index (χ0v) is 24.7. The van der Waals surface area contributed by atoms with Crippen molar-refractivity contribution < 1.29 is 32.1 Å². The van der Waals surface area contributed by atoms with E-state index in [4.69, 9.17) is 9.47 Å². The minimum absolute atomic E-state index is 0.0324. The molecular weight excluding hydrogens is 540 g/mol. The summed E-state index contributed by atoms with van der Waals surface area (Å²) in [6.45, 7) is 9.80. The number of rotatable bonds is 9. The molecule has 3 aromatic rings. The molecule has 1 aliphatic rings. The Morgan fingerprint density at radius 2 is 1.80 bits per heavy atom. The first kappa shape index (κ1) is 30.8. The molecule has 0 amide bonds. The molecule has 1 saturated heterocycles. The van der Waals surface area contributed by atoms with Crippen molar-refractivity contribution >= 4 is 16.7 Å². The smallest absolute Gasteiger partial charge is 0.303 e. The summed E-state index contributed by atoms with van der Waals surface area (Å²) in [6.07, 6.45) is 1.95. The summed E-state index contributed by atoms with van der Waals surface area (Å²) in [7, 11) is 3.37. The number of hydrogen-bond donors (Lipinski definition) is 2. The van der Waals surface area contributed by atoms with Crippen LogP contribution in [0.5, 0.6) is 11.5 Å². The molecule has 224 valence electrons. The van der Waals surface area contributed by atoms with Crippen LogP contribution in [0.1, 0.15) is 70.5 Å². The number of aryl methyl sites for hydroxylation is 1. The number of anilines is 1. The Bertz CT molecular complexity index is 1440. The van der Waals surface area contributed by atoms with E-state index in [9.17, 15) is 13.9 Å². The lowest BCUT2D eigenvalue weighted by Gasteiger charge is -2.37. The van der Waals surface area contributed by atoms with E-state index < -0.39 is 40.4 Å². The van der Waals surface area contributed by atoms with Gasteiger partial charge in [-0.3, -0.25) is 4.90 Å². The normalized spacial score (nSPS) is 17.6. The van der Waals surface area contributed by atoms with Crippen LogP contribution >= 0.6 is 0 Å². The summed E-state index contributed by atoms with van der Waals surface area (Å²) in [4.78, 5) is 10.9. The van der Waals surface area contributed by atoms with Gasteiger partial charge in [0.1, 0.15) is 34.2 Å². The topological polar surface area (TPSA) is 79.7 Å². The van der Waals surface area contributed by atoms with Crippen molar-refractivity contribution in [3.8, 4) is 11.5 Å². The zero-order valence-electron chi connectivity index (χ0n) is 24.7. The summed E-state index contributed by atoms with van der Waals surface area (Å²) in [5.41, 5.74) is -4.22. The van der Waals surface area contributed by atoms with Crippen LogP contribution in [0.3, 0.4) is 0 Å². The number of nitrogens with one attached hydrogen (secondary N) is 1. The van der Waals surface area contributed by atoms with Gasteiger partial charge in [0.05, 0.1) is 18.7 Å². The van der Waals surface area contributed by atoms with Crippen molar-refractivity contribution in [2.45, 2.75) is 83.6 Å². The molecular formula is C30H38F4N4O3. The number of hydrogen-bond acceptors (Lipinski definition) is 7. The van der Waals surface area contributed by atoms with Gasteiger partial charge < -0.3 is 19.9 Å². The highest BCUT2D eigenvalue weighted by molar-refractivity contribution is 5.92. The van der Waals surface area contributed by atoms with E-state index in [1.54, 1.807) is 19.9 Å².